The van der Waals surface area contributed by atoms with Crippen LogP contribution in [0.15, 0.2) is 24.3 Å². The summed E-state index contributed by atoms with van der Waals surface area (Å²) in [6.07, 6.45) is 10.0. The molecule has 1 atom stereocenters. The van der Waals surface area contributed by atoms with Crippen LogP contribution in [0, 0.1) is 11.3 Å². The van der Waals surface area contributed by atoms with Crippen molar-refractivity contribution in [3.63, 3.8) is 0 Å². The van der Waals surface area contributed by atoms with Crippen molar-refractivity contribution in [2.45, 2.75) is 84.1 Å². The van der Waals surface area contributed by atoms with Crippen LogP contribution in [-0.4, -0.2) is 67.0 Å². The molecule has 1 spiro atoms. The topological polar surface area (TPSA) is 61.9 Å². The van der Waals surface area contributed by atoms with Crippen LogP contribution in [0.4, 0.5) is 0 Å². The van der Waals surface area contributed by atoms with Gasteiger partial charge in [-0.15, -0.1) is 0 Å². The summed E-state index contributed by atoms with van der Waals surface area (Å²) in [4.78, 5) is 31.1. The minimum Gasteiger partial charge on any atom is -0.491 e. The Morgan fingerprint density at radius 1 is 1.03 bits per heavy atom. The molecule has 3 aliphatic heterocycles. The molecule has 35 heavy (non-hydrogen) atoms. The fourth-order valence-electron chi connectivity index (χ4n) is 6.08. The number of hydrogen-bond donors (Lipinski definition) is 1. The lowest BCUT2D eigenvalue weighted by molar-refractivity contribution is -0.142. The van der Waals surface area contributed by atoms with E-state index in [-0.39, 0.29) is 23.3 Å². The SMILES string of the molecule is CC(C)C[C@H]1COc2ccccc2CCCCC2(CCN(C(=O)CN3CCCCC3)CC2)C(=O)N1. The van der Waals surface area contributed by atoms with Gasteiger partial charge < -0.3 is 15.0 Å². The van der Waals surface area contributed by atoms with E-state index >= 15 is 0 Å². The molecule has 2 saturated heterocycles. The first-order valence-electron chi connectivity index (χ1n) is 14.0. The number of rotatable bonds is 4. The lowest BCUT2D eigenvalue weighted by Crippen LogP contribution is -2.54. The molecule has 1 N–H and O–H groups in total. The highest BCUT2D eigenvalue weighted by Crippen LogP contribution is 2.38. The Bertz CT molecular complexity index is 841. The van der Waals surface area contributed by atoms with Crippen molar-refractivity contribution in [2.24, 2.45) is 11.3 Å². The summed E-state index contributed by atoms with van der Waals surface area (Å²) >= 11 is 0. The van der Waals surface area contributed by atoms with Crippen LogP contribution >= 0.6 is 0 Å². The van der Waals surface area contributed by atoms with E-state index in [1.54, 1.807) is 0 Å². The Morgan fingerprint density at radius 2 is 1.77 bits per heavy atom. The van der Waals surface area contributed by atoms with Crippen LogP contribution in [0.1, 0.15) is 77.2 Å². The second kappa shape index (κ2) is 12.2. The highest BCUT2D eigenvalue weighted by Gasteiger charge is 2.42. The largest absolute Gasteiger partial charge is 0.491 e. The number of nitrogens with zero attached hydrogens (tertiary/aromatic N) is 2. The average molecular weight is 484 g/mol. The summed E-state index contributed by atoms with van der Waals surface area (Å²) < 4.78 is 6.25. The van der Waals surface area contributed by atoms with Gasteiger partial charge in [0.25, 0.3) is 0 Å². The third kappa shape index (κ3) is 6.99. The molecular weight excluding hydrogens is 438 g/mol. The number of carbonyl (C=O) groups excluding carboxylic acids is 2. The standard InChI is InChI=1S/C29H45N3O3/c1-23(2)20-25-22-35-26-12-5-4-10-24(26)11-6-7-13-29(28(34)30-25)14-18-32(19-15-29)27(33)21-31-16-8-3-9-17-31/h4-5,10,12,23,25H,3,6-9,11,13-22H2,1-2H3,(H,30,34)/t25-/m0/s1. The second-order valence-electron chi connectivity index (χ2n) is 11.4. The van der Waals surface area contributed by atoms with Gasteiger partial charge in [-0.05, 0) is 82.0 Å². The van der Waals surface area contributed by atoms with Crippen molar-refractivity contribution >= 4 is 11.8 Å². The van der Waals surface area contributed by atoms with Crippen LogP contribution < -0.4 is 10.1 Å². The van der Waals surface area contributed by atoms with Crippen LogP contribution in [0.3, 0.4) is 0 Å². The van der Waals surface area contributed by atoms with Gasteiger partial charge >= 0.3 is 0 Å². The molecule has 6 nitrogen and oxygen atoms in total. The fourth-order valence-corrected chi connectivity index (χ4v) is 6.08. The number of amides is 2. The lowest BCUT2D eigenvalue weighted by atomic mass is 9.73. The van der Waals surface area contributed by atoms with Gasteiger partial charge in [0.05, 0.1) is 18.0 Å². The molecule has 0 aliphatic carbocycles. The third-order valence-corrected chi connectivity index (χ3v) is 8.22. The average Bonchev–Trinajstić information content (AvgIpc) is 2.85. The smallest absolute Gasteiger partial charge is 0.236 e. The molecule has 2 fully saturated rings. The Morgan fingerprint density at radius 3 is 2.51 bits per heavy atom. The number of fused-ring (bicyclic) bond motifs is 1. The molecule has 4 rings (SSSR count). The summed E-state index contributed by atoms with van der Waals surface area (Å²) in [6, 6.07) is 8.31. The van der Waals surface area contributed by atoms with Crippen molar-refractivity contribution in [1.82, 2.24) is 15.1 Å². The Labute approximate surface area is 211 Å². The van der Waals surface area contributed by atoms with Gasteiger partial charge in [0, 0.05) is 13.1 Å². The van der Waals surface area contributed by atoms with E-state index < -0.39 is 0 Å². The lowest BCUT2D eigenvalue weighted by Gasteiger charge is -2.42. The maximum absolute atomic E-state index is 13.8. The van der Waals surface area contributed by atoms with Crippen LogP contribution in [-0.2, 0) is 16.0 Å². The number of piperidine rings is 2. The van der Waals surface area contributed by atoms with Crippen molar-refractivity contribution < 1.29 is 14.3 Å². The van der Waals surface area contributed by atoms with Gasteiger partial charge in [0.15, 0.2) is 0 Å². The van der Waals surface area contributed by atoms with E-state index in [1.165, 1.54) is 24.8 Å². The number of nitrogens with one attached hydrogen (secondary N) is 1. The van der Waals surface area contributed by atoms with Gasteiger partial charge in [-0.25, -0.2) is 0 Å². The number of aryl methyl sites for hydroxylation is 1. The van der Waals surface area contributed by atoms with Crippen LogP contribution in [0.5, 0.6) is 5.75 Å². The van der Waals surface area contributed by atoms with Crippen molar-refractivity contribution in [2.75, 3.05) is 39.3 Å². The maximum Gasteiger partial charge on any atom is 0.236 e. The number of benzene rings is 1. The molecule has 0 saturated carbocycles. The number of para-hydroxylation sites is 1. The quantitative estimate of drug-likeness (QED) is 0.689. The van der Waals surface area contributed by atoms with E-state index in [9.17, 15) is 9.59 Å². The zero-order chi connectivity index (χ0) is 24.7. The molecule has 1 aromatic rings. The maximum atomic E-state index is 13.8. The van der Waals surface area contributed by atoms with E-state index in [0.29, 0.717) is 32.2 Å². The number of carbonyl (C=O) groups is 2. The zero-order valence-corrected chi connectivity index (χ0v) is 21.9. The van der Waals surface area contributed by atoms with Crippen molar-refractivity contribution in [3.05, 3.63) is 29.8 Å². The summed E-state index contributed by atoms with van der Waals surface area (Å²) in [6.45, 7) is 8.87. The van der Waals surface area contributed by atoms with Crippen molar-refractivity contribution in [1.29, 1.82) is 0 Å². The summed E-state index contributed by atoms with van der Waals surface area (Å²) in [7, 11) is 0. The molecule has 0 bridgehead atoms. The minimum absolute atomic E-state index is 0.00868. The monoisotopic (exact) mass is 483 g/mol. The Kier molecular flexibility index (Phi) is 9.10. The molecule has 3 heterocycles. The molecule has 0 aromatic heterocycles. The Hall–Kier alpha value is -2.08. The molecule has 0 unspecified atom stereocenters. The predicted molar refractivity (Wildman–Crippen MR) is 139 cm³/mol. The molecule has 1 aromatic carbocycles. The molecule has 0 radical (unpaired) electrons. The first kappa shape index (κ1) is 26.0. The fraction of sp³-hybridized carbons (Fsp3) is 0.724. The molecule has 194 valence electrons. The van der Waals surface area contributed by atoms with E-state index in [2.05, 4.69) is 36.2 Å². The number of ether oxygens (including phenoxy) is 1. The van der Waals surface area contributed by atoms with Gasteiger partial charge in [-0.3, -0.25) is 14.5 Å². The number of hydrogen-bond acceptors (Lipinski definition) is 4. The minimum atomic E-state index is -0.379. The van der Waals surface area contributed by atoms with E-state index in [1.807, 2.05) is 17.0 Å². The van der Waals surface area contributed by atoms with Crippen LogP contribution in [0.2, 0.25) is 0 Å². The van der Waals surface area contributed by atoms with Crippen LogP contribution in [0.25, 0.3) is 0 Å². The summed E-state index contributed by atoms with van der Waals surface area (Å²) in [5.74, 6) is 1.82. The van der Waals surface area contributed by atoms with Gasteiger partial charge in [0.1, 0.15) is 12.4 Å². The van der Waals surface area contributed by atoms with Gasteiger partial charge in [0.2, 0.25) is 11.8 Å². The summed E-state index contributed by atoms with van der Waals surface area (Å²) in [5, 5.41) is 3.39. The third-order valence-electron chi connectivity index (χ3n) is 8.22. The predicted octanol–water partition coefficient (Wildman–Crippen LogP) is 4.42. The molecule has 3 aliphatic rings. The molecule has 6 heteroatoms. The second-order valence-corrected chi connectivity index (χ2v) is 11.4. The van der Waals surface area contributed by atoms with E-state index in [0.717, 1.165) is 63.8 Å². The Balaban J connectivity index is 1.43. The van der Waals surface area contributed by atoms with Gasteiger partial charge in [-0.1, -0.05) is 44.9 Å². The molecular formula is C29H45N3O3. The van der Waals surface area contributed by atoms with Gasteiger partial charge in [-0.2, -0.15) is 0 Å². The summed E-state index contributed by atoms with van der Waals surface area (Å²) in [5.41, 5.74) is 0.880. The number of likely N-dealkylation sites (tertiary alicyclic amines) is 2. The normalized spacial score (nSPS) is 24.1. The highest BCUT2D eigenvalue weighted by molar-refractivity contribution is 5.84. The first-order valence-corrected chi connectivity index (χ1v) is 14.0. The van der Waals surface area contributed by atoms with Crippen molar-refractivity contribution in [3.8, 4) is 5.75 Å². The first-order chi connectivity index (χ1) is 16.9. The van der Waals surface area contributed by atoms with E-state index in [4.69, 9.17) is 4.74 Å². The zero-order valence-electron chi connectivity index (χ0n) is 21.9. The highest BCUT2D eigenvalue weighted by atomic mass is 16.5. The molecule has 2 amide bonds.